The number of benzene rings is 2. The lowest BCUT2D eigenvalue weighted by molar-refractivity contribution is 0.172. The highest BCUT2D eigenvalue weighted by Crippen LogP contribution is 2.40. The molecule has 0 aliphatic carbocycles. The minimum Gasteiger partial charge on any atom is -0.320 e. The summed E-state index contributed by atoms with van der Waals surface area (Å²) in [6.45, 7) is 3.33. The average Bonchev–Trinajstić information content (AvgIpc) is 3.24. The van der Waals surface area contributed by atoms with Crippen LogP contribution in [-0.2, 0) is 6.54 Å². The van der Waals surface area contributed by atoms with Crippen molar-refractivity contribution in [3.8, 4) is 0 Å². The van der Waals surface area contributed by atoms with Gasteiger partial charge in [-0.3, -0.25) is 14.8 Å². The maximum atomic E-state index is 12.4. The lowest BCUT2D eigenvalue weighted by atomic mass is 9.87. The third kappa shape index (κ3) is 3.09. The number of anilines is 1. The molecule has 9 nitrogen and oxygen atoms in total. The molecule has 4 aromatic rings. The number of likely N-dealkylation sites (tertiary alicyclic amines) is 1. The van der Waals surface area contributed by atoms with Crippen molar-refractivity contribution >= 4 is 16.5 Å². The number of nitrogens with one attached hydrogen (secondary N) is 4. The second kappa shape index (κ2) is 7.29. The Bertz CT molecular complexity index is 1280. The Morgan fingerprint density at radius 3 is 2.68 bits per heavy atom. The fourth-order valence-electron chi connectivity index (χ4n) is 4.53. The summed E-state index contributed by atoms with van der Waals surface area (Å²) in [6.07, 6.45) is 2.78. The van der Waals surface area contributed by atoms with Gasteiger partial charge in [0.2, 0.25) is 0 Å². The van der Waals surface area contributed by atoms with E-state index in [0.29, 0.717) is 11.2 Å². The molecular formula is C22H22N8O. The highest BCUT2D eigenvalue weighted by atomic mass is 16.1. The molecule has 9 heteroatoms. The zero-order valence-corrected chi connectivity index (χ0v) is 16.8. The van der Waals surface area contributed by atoms with E-state index in [-0.39, 0.29) is 17.5 Å². The smallest absolute Gasteiger partial charge is 0.272 e. The van der Waals surface area contributed by atoms with Crippen LogP contribution in [0.25, 0.3) is 10.8 Å². The lowest BCUT2D eigenvalue weighted by Gasteiger charge is -2.31. The Morgan fingerprint density at radius 2 is 1.94 bits per heavy atom. The van der Waals surface area contributed by atoms with Crippen molar-refractivity contribution in [2.75, 3.05) is 18.5 Å². The maximum absolute atomic E-state index is 12.4. The van der Waals surface area contributed by atoms with Crippen LogP contribution in [-0.4, -0.2) is 43.4 Å². The summed E-state index contributed by atoms with van der Waals surface area (Å²) < 4.78 is 0. The Hall–Kier alpha value is -3.56. The summed E-state index contributed by atoms with van der Waals surface area (Å²) in [7, 11) is 0. The van der Waals surface area contributed by atoms with Crippen LogP contribution in [0, 0.1) is 0 Å². The van der Waals surface area contributed by atoms with Gasteiger partial charge in [0, 0.05) is 11.9 Å². The average molecular weight is 414 g/mol. The molecule has 156 valence electrons. The first-order valence-corrected chi connectivity index (χ1v) is 10.5. The van der Waals surface area contributed by atoms with E-state index in [2.05, 4.69) is 65.4 Å². The number of nitrogens with zero attached hydrogens (tertiary/aromatic N) is 4. The molecule has 2 aliphatic heterocycles. The number of aromatic nitrogens is 5. The molecule has 1 saturated heterocycles. The van der Waals surface area contributed by atoms with E-state index in [1.807, 2.05) is 18.2 Å². The van der Waals surface area contributed by atoms with Gasteiger partial charge < -0.3 is 5.43 Å². The molecule has 0 radical (unpaired) electrons. The molecule has 2 unspecified atom stereocenters. The van der Waals surface area contributed by atoms with Gasteiger partial charge in [0.15, 0.2) is 0 Å². The van der Waals surface area contributed by atoms with Crippen LogP contribution >= 0.6 is 0 Å². The van der Waals surface area contributed by atoms with Crippen LogP contribution in [0.15, 0.2) is 53.6 Å². The van der Waals surface area contributed by atoms with E-state index >= 15 is 0 Å². The number of hydrogen-bond donors (Lipinski definition) is 4. The van der Waals surface area contributed by atoms with Gasteiger partial charge in [0.25, 0.3) is 5.56 Å². The molecule has 31 heavy (non-hydrogen) atoms. The number of rotatable bonds is 4. The van der Waals surface area contributed by atoms with E-state index in [9.17, 15) is 4.79 Å². The molecule has 6 rings (SSSR count). The van der Waals surface area contributed by atoms with Crippen molar-refractivity contribution in [1.82, 2.24) is 35.7 Å². The molecule has 2 atom stereocenters. The fourth-order valence-corrected chi connectivity index (χ4v) is 4.53. The van der Waals surface area contributed by atoms with Crippen LogP contribution in [0.2, 0.25) is 0 Å². The van der Waals surface area contributed by atoms with Gasteiger partial charge in [-0.1, -0.05) is 30.3 Å². The third-order valence-corrected chi connectivity index (χ3v) is 6.26. The molecular weight excluding hydrogens is 392 g/mol. The zero-order valence-electron chi connectivity index (χ0n) is 16.8. The Morgan fingerprint density at radius 1 is 1.06 bits per heavy atom. The highest BCUT2D eigenvalue weighted by Gasteiger charge is 2.35. The van der Waals surface area contributed by atoms with Gasteiger partial charge in [-0.15, -0.1) is 0 Å². The first-order chi connectivity index (χ1) is 15.3. The maximum Gasteiger partial charge on any atom is 0.272 e. The predicted molar refractivity (Wildman–Crippen MR) is 116 cm³/mol. The molecule has 4 N–H and O–H groups in total. The first kappa shape index (κ1) is 18.2. The Balaban J connectivity index is 1.46. The van der Waals surface area contributed by atoms with Gasteiger partial charge in [-0.25, -0.2) is 15.5 Å². The van der Waals surface area contributed by atoms with Gasteiger partial charge in [0.05, 0.1) is 28.7 Å². The summed E-state index contributed by atoms with van der Waals surface area (Å²) in [5.41, 5.74) is 10.5. The van der Waals surface area contributed by atoms with E-state index in [4.69, 9.17) is 0 Å². The minimum atomic E-state index is -0.278. The minimum absolute atomic E-state index is 0.181. The lowest BCUT2D eigenvalue weighted by Crippen LogP contribution is -2.36. The van der Waals surface area contributed by atoms with E-state index in [0.717, 1.165) is 28.9 Å². The molecule has 1 fully saturated rings. The zero-order chi connectivity index (χ0) is 20.8. The Kier molecular flexibility index (Phi) is 4.29. The van der Waals surface area contributed by atoms with E-state index in [1.54, 1.807) is 0 Å². The monoisotopic (exact) mass is 414 g/mol. The second-order valence-corrected chi connectivity index (χ2v) is 8.13. The summed E-state index contributed by atoms with van der Waals surface area (Å²) >= 11 is 0. The first-order valence-electron chi connectivity index (χ1n) is 10.5. The second-order valence-electron chi connectivity index (χ2n) is 8.13. The van der Waals surface area contributed by atoms with Gasteiger partial charge in [-0.05, 0) is 42.8 Å². The molecule has 4 heterocycles. The van der Waals surface area contributed by atoms with Gasteiger partial charge >= 0.3 is 0 Å². The fraction of sp³-hybridized carbons (Fsp3) is 0.273. The van der Waals surface area contributed by atoms with Crippen LogP contribution in [0.1, 0.15) is 41.0 Å². The van der Waals surface area contributed by atoms with Crippen molar-refractivity contribution in [3.05, 3.63) is 81.8 Å². The summed E-state index contributed by atoms with van der Waals surface area (Å²) in [5.74, 6) is 0.403. The van der Waals surface area contributed by atoms with E-state index < -0.39 is 0 Å². The van der Waals surface area contributed by atoms with Gasteiger partial charge in [0.1, 0.15) is 12.2 Å². The van der Waals surface area contributed by atoms with Crippen LogP contribution < -0.4 is 16.4 Å². The summed E-state index contributed by atoms with van der Waals surface area (Å²) in [4.78, 5) is 19.3. The number of H-pyrrole nitrogens is 2. The molecule has 0 amide bonds. The topological polar surface area (TPSA) is 115 Å². The summed E-state index contributed by atoms with van der Waals surface area (Å²) in [6, 6.07) is 14.1. The highest BCUT2D eigenvalue weighted by molar-refractivity contribution is 5.95. The van der Waals surface area contributed by atoms with Crippen molar-refractivity contribution in [1.29, 1.82) is 0 Å². The van der Waals surface area contributed by atoms with Crippen molar-refractivity contribution in [2.24, 2.45) is 0 Å². The normalized spacial score (nSPS) is 20.8. The number of hydrazine groups is 1. The predicted octanol–water partition coefficient (Wildman–Crippen LogP) is 2.05. The summed E-state index contributed by atoms with van der Waals surface area (Å²) in [5, 5.41) is 15.6. The number of hydrogen-bond acceptors (Lipinski definition) is 7. The van der Waals surface area contributed by atoms with Crippen LogP contribution in [0.5, 0.6) is 0 Å². The van der Waals surface area contributed by atoms with Crippen molar-refractivity contribution in [3.63, 3.8) is 0 Å². The standard InChI is InChI=1S/C22H22N8O/c31-22-15-3-1-4-16-17(15)20(27-29-22)18(21-23-12-24-28-21)19(26-25-16)14-7-5-13(6-8-14)11-30-9-2-10-30/h1,3-8,12,18-19,25-26H,2,9-11H2,(H,29,31)(H,23,24,28). The molecule has 0 saturated carbocycles. The molecule has 2 aliphatic rings. The number of aromatic amines is 2. The molecule has 2 aromatic carbocycles. The van der Waals surface area contributed by atoms with Crippen molar-refractivity contribution in [2.45, 2.75) is 24.9 Å². The quantitative estimate of drug-likeness (QED) is 0.404. The van der Waals surface area contributed by atoms with Gasteiger partial charge in [-0.2, -0.15) is 10.2 Å². The van der Waals surface area contributed by atoms with Crippen LogP contribution in [0.4, 0.5) is 5.69 Å². The molecule has 2 aromatic heterocycles. The van der Waals surface area contributed by atoms with E-state index in [1.165, 1.54) is 31.4 Å². The van der Waals surface area contributed by atoms with Crippen molar-refractivity contribution < 1.29 is 0 Å². The molecule has 0 bridgehead atoms. The largest absolute Gasteiger partial charge is 0.320 e. The van der Waals surface area contributed by atoms with Crippen LogP contribution in [0.3, 0.4) is 0 Å². The Labute approximate surface area is 177 Å². The third-order valence-electron chi connectivity index (χ3n) is 6.26. The molecule has 0 spiro atoms. The SMILES string of the molecule is O=c1[nH]nc2c3c(cccc13)NNC(c1ccc(CN3CCC3)cc1)C2c1ncn[nH]1.